The second-order valence-electron chi connectivity index (χ2n) is 13.4. The van der Waals surface area contributed by atoms with Crippen LogP contribution in [0.15, 0.2) is 36.4 Å². The summed E-state index contributed by atoms with van der Waals surface area (Å²) in [5.41, 5.74) is -1.06. The fraction of sp³-hybridized carbons (Fsp3) is 0.568. The van der Waals surface area contributed by atoms with Crippen LogP contribution in [0.1, 0.15) is 134 Å². The number of nitro benzene ring substituents is 1. The summed E-state index contributed by atoms with van der Waals surface area (Å²) in [4.78, 5) is 50.6. The molecule has 49 heavy (non-hydrogen) atoms. The van der Waals surface area contributed by atoms with E-state index in [1.807, 2.05) is 0 Å². The number of nitrogens with one attached hydrogen (secondary N) is 3. The Morgan fingerprint density at radius 1 is 0.857 bits per heavy atom. The van der Waals surface area contributed by atoms with Crippen LogP contribution in [0.2, 0.25) is 5.02 Å². The molecule has 2 aromatic carbocycles. The summed E-state index contributed by atoms with van der Waals surface area (Å²) in [6, 6.07) is 6.29. The van der Waals surface area contributed by atoms with Gasteiger partial charge in [-0.15, -0.1) is 0 Å². The van der Waals surface area contributed by atoms with E-state index in [1.165, 1.54) is 101 Å². The Balaban J connectivity index is 1.94. The fourth-order valence-electron chi connectivity index (χ4n) is 5.29. The van der Waals surface area contributed by atoms with Crippen molar-refractivity contribution in [2.75, 3.05) is 17.2 Å². The van der Waals surface area contributed by atoms with E-state index >= 15 is 0 Å². The molecule has 2 rings (SSSR count). The number of esters is 1. The largest absolute Gasteiger partial charge is 0.462 e. The van der Waals surface area contributed by atoms with Crippen LogP contribution in [0.3, 0.4) is 0 Å². The third kappa shape index (κ3) is 14.9. The second kappa shape index (κ2) is 21.6. The summed E-state index contributed by atoms with van der Waals surface area (Å²) in [5.74, 6) is -1.93. The number of benzene rings is 2. The lowest BCUT2D eigenvalue weighted by molar-refractivity contribution is -0.384. The number of ketones is 1. The molecule has 0 aliphatic heterocycles. The molecule has 0 spiro atoms. The number of carbonyl (C=O) groups excluding carboxylic acids is 3. The Bertz CT molecular complexity index is 1430. The zero-order valence-electron chi connectivity index (χ0n) is 29.3. The predicted molar refractivity (Wildman–Crippen MR) is 198 cm³/mol. The van der Waals surface area contributed by atoms with Gasteiger partial charge >= 0.3 is 5.97 Å². The maximum Gasteiger partial charge on any atom is 0.338 e. The number of nitro groups is 1. The van der Waals surface area contributed by atoms with Crippen molar-refractivity contribution in [2.24, 2.45) is 5.41 Å². The molecule has 0 heterocycles. The Morgan fingerprint density at radius 3 is 1.92 bits per heavy atom. The minimum absolute atomic E-state index is 0.0427. The number of unbranched alkanes of at least 4 members (excludes halogenated alkanes) is 13. The van der Waals surface area contributed by atoms with Gasteiger partial charge in [0.25, 0.3) is 11.6 Å². The van der Waals surface area contributed by atoms with Gasteiger partial charge in [-0.2, -0.15) is 0 Å². The minimum Gasteiger partial charge on any atom is -0.462 e. The number of non-ortho nitro benzene ring substituents is 1. The maximum absolute atomic E-state index is 13.6. The average molecular weight is 720 g/mol. The van der Waals surface area contributed by atoms with Crippen molar-refractivity contribution in [3.8, 4) is 0 Å². The quantitative estimate of drug-likeness (QED) is 0.0258. The van der Waals surface area contributed by atoms with Gasteiger partial charge in [0, 0.05) is 23.1 Å². The van der Waals surface area contributed by atoms with E-state index in [2.05, 4.69) is 17.6 Å². The molecule has 12 heteroatoms. The number of nitrogens with zero attached hydrogens (tertiary/aromatic N) is 1. The fourth-order valence-corrected chi connectivity index (χ4v) is 5.62. The first-order valence-electron chi connectivity index (χ1n) is 17.4. The highest BCUT2D eigenvalue weighted by Crippen LogP contribution is 2.29. The van der Waals surface area contributed by atoms with E-state index in [9.17, 15) is 24.5 Å². The standard InChI is InChI=1S/C37H52Cl2N4O6/c1-5-6-7-8-9-10-11-12-13-14-15-16-17-18-23-49-36(46)26-19-22-29(38)31(24-26)42-35(45)32(33(44)37(2,3)4)41-30-25-27(43(47)48)20-21-28(30)34(39)40/h19-22,24-25,32,40-41H,5-18,23H2,1-4H3,(H,42,45). The first kappa shape index (κ1) is 41.7. The lowest BCUT2D eigenvalue weighted by Crippen LogP contribution is -2.46. The van der Waals surface area contributed by atoms with E-state index in [1.54, 1.807) is 20.8 Å². The Morgan fingerprint density at radius 2 is 1.41 bits per heavy atom. The highest BCUT2D eigenvalue weighted by Gasteiger charge is 2.36. The van der Waals surface area contributed by atoms with Crippen LogP contribution < -0.4 is 10.6 Å². The van der Waals surface area contributed by atoms with Crippen molar-refractivity contribution in [1.82, 2.24) is 0 Å². The SMILES string of the molecule is CCCCCCCCCCCCCCCCOC(=O)c1ccc(Cl)c(NC(=O)C(Nc2cc([N+](=O)[O-])ccc2C(=N)Cl)C(=O)C(C)(C)C)c1. The molecule has 1 atom stereocenters. The number of Topliss-reactive ketones (excluding diaryl/α,β-unsaturated/α-hetero) is 1. The topological polar surface area (TPSA) is 151 Å². The summed E-state index contributed by atoms with van der Waals surface area (Å²) in [6.07, 6.45) is 17.2. The van der Waals surface area contributed by atoms with Gasteiger partial charge in [0.15, 0.2) is 11.8 Å². The number of hydrogen-bond acceptors (Lipinski definition) is 8. The molecule has 0 bridgehead atoms. The first-order chi connectivity index (χ1) is 23.3. The number of carbonyl (C=O) groups is 3. The zero-order valence-corrected chi connectivity index (χ0v) is 30.8. The number of amides is 1. The van der Waals surface area contributed by atoms with Crippen molar-refractivity contribution in [3.05, 3.63) is 62.7 Å². The molecule has 3 N–H and O–H groups in total. The molecular formula is C37H52Cl2N4O6. The van der Waals surface area contributed by atoms with Gasteiger partial charge in [-0.1, -0.05) is 134 Å². The third-order valence-corrected chi connectivity index (χ3v) is 8.74. The molecule has 1 unspecified atom stereocenters. The van der Waals surface area contributed by atoms with E-state index in [4.69, 9.17) is 33.3 Å². The highest BCUT2D eigenvalue weighted by molar-refractivity contribution is 6.69. The summed E-state index contributed by atoms with van der Waals surface area (Å²) in [6.45, 7) is 7.38. The predicted octanol–water partition coefficient (Wildman–Crippen LogP) is 10.5. The molecule has 10 nitrogen and oxygen atoms in total. The van der Waals surface area contributed by atoms with Gasteiger partial charge in [0.05, 0.1) is 33.5 Å². The Hall–Kier alpha value is -3.50. The smallest absolute Gasteiger partial charge is 0.338 e. The summed E-state index contributed by atoms with van der Waals surface area (Å²) in [5, 5.41) is 24.3. The molecule has 0 fully saturated rings. The first-order valence-corrected chi connectivity index (χ1v) is 18.1. The summed E-state index contributed by atoms with van der Waals surface area (Å²) in [7, 11) is 0. The number of ether oxygens (including phenoxy) is 1. The monoisotopic (exact) mass is 718 g/mol. The van der Waals surface area contributed by atoms with Crippen LogP contribution in [0.4, 0.5) is 17.1 Å². The molecule has 1 amide bonds. The van der Waals surface area contributed by atoms with E-state index in [0.717, 1.165) is 25.3 Å². The normalized spacial score (nSPS) is 11.9. The van der Waals surface area contributed by atoms with Gasteiger partial charge in [0.1, 0.15) is 5.17 Å². The van der Waals surface area contributed by atoms with Crippen molar-refractivity contribution in [3.63, 3.8) is 0 Å². The van der Waals surface area contributed by atoms with Crippen molar-refractivity contribution >= 4 is 63.1 Å². The Labute approximate surface area is 300 Å². The van der Waals surface area contributed by atoms with E-state index < -0.39 is 39.2 Å². The molecule has 0 saturated heterocycles. The average Bonchev–Trinajstić information content (AvgIpc) is 3.05. The second-order valence-corrected chi connectivity index (χ2v) is 14.2. The molecule has 0 aromatic heterocycles. The number of halogens is 2. The van der Waals surface area contributed by atoms with Gasteiger partial charge in [-0.3, -0.25) is 25.1 Å². The van der Waals surface area contributed by atoms with Crippen LogP contribution in [-0.4, -0.2) is 40.4 Å². The lowest BCUT2D eigenvalue weighted by Gasteiger charge is -2.26. The number of hydrogen-bond donors (Lipinski definition) is 3. The number of rotatable bonds is 23. The van der Waals surface area contributed by atoms with Gasteiger partial charge < -0.3 is 15.4 Å². The zero-order chi connectivity index (χ0) is 36.4. The van der Waals surface area contributed by atoms with Crippen LogP contribution in [0.25, 0.3) is 0 Å². The molecule has 0 aliphatic rings. The van der Waals surface area contributed by atoms with E-state index in [0.29, 0.717) is 0 Å². The molecular weight excluding hydrogens is 667 g/mol. The minimum atomic E-state index is -1.55. The molecule has 2 aromatic rings. The van der Waals surface area contributed by atoms with Crippen LogP contribution >= 0.6 is 23.2 Å². The van der Waals surface area contributed by atoms with Crippen LogP contribution in [0.5, 0.6) is 0 Å². The van der Waals surface area contributed by atoms with Gasteiger partial charge in [-0.25, -0.2) is 4.79 Å². The maximum atomic E-state index is 13.6. The third-order valence-electron chi connectivity index (χ3n) is 8.20. The Kier molecular flexibility index (Phi) is 18.3. The lowest BCUT2D eigenvalue weighted by atomic mass is 9.86. The summed E-state index contributed by atoms with van der Waals surface area (Å²) < 4.78 is 5.46. The van der Waals surface area contributed by atoms with Crippen LogP contribution in [-0.2, 0) is 14.3 Å². The van der Waals surface area contributed by atoms with E-state index in [-0.39, 0.29) is 39.8 Å². The molecule has 0 aliphatic carbocycles. The number of anilines is 2. The summed E-state index contributed by atoms with van der Waals surface area (Å²) >= 11 is 12.3. The van der Waals surface area contributed by atoms with Gasteiger partial charge in [-0.05, 0) is 30.7 Å². The molecule has 0 saturated carbocycles. The van der Waals surface area contributed by atoms with Crippen molar-refractivity contribution in [2.45, 2.75) is 124 Å². The van der Waals surface area contributed by atoms with Crippen LogP contribution in [0, 0.1) is 20.9 Å². The molecule has 270 valence electrons. The van der Waals surface area contributed by atoms with Gasteiger partial charge in [0.2, 0.25) is 0 Å². The van der Waals surface area contributed by atoms with Crippen molar-refractivity contribution < 1.29 is 24.0 Å². The van der Waals surface area contributed by atoms with Crippen molar-refractivity contribution in [1.29, 1.82) is 5.41 Å². The highest BCUT2D eigenvalue weighted by atomic mass is 35.5. The molecule has 0 radical (unpaired) electrons.